The summed E-state index contributed by atoms with van der Waals surface area (Å²) in [7, 11) is 2.02. The smallest absolute Gasteiger partial charge is 0.257 e. The number of amides is 1. The highest BCUT2D eigenvalue weighted by atomic mass is 19.1. The first-order valence-corrected chi connectivity index (χ1v) is 6.49. The summed E-state index contributed by atoms with van der Waals surface area (Å²) in [5.41, 5.74) is 0.311. The van der Waals surface area contributed by atoms with Crippen molar-refractivity contribution in [3.63, 3.8) is 0 Å². The third-order valence-electron chi connectivity index (χ3n) is 3.22. The minimum atomic E-state index is -0.487. The molecule has 19 heavy (non-hydrogen) atoms. The van der Waals surface area contributed by atoms with E-state index in [4.69, 9.17) is 0 Å². The maximum absolute atomic E-state index is 13.3. The molecule has 0 unspecified atom stereocenters. The number of piperazine rings is 1. The molecule has 1 aliphatic heterocycles. The molecule has 1 aromatic heterocycles. The van der Waals surface area contributed by atoms with Gasteiger partial charge < -0.3 is 15.1 Å². The van der Waals surface area contributed by atoms with Crippen LogP contribution in [0.1, 0.15) is 17.3 Å². The van der Waals surface area contributed by atoms with Crippen LogP contribution in [0.25, 0.3) is 0 Å². The average molecular weight is 266 g/mol. The molecule has 1 aliphatic rings. The summed E-state index contributed by atoms with van der Waals surface area (Å²) in [5.74, 6) is -0.192. The van der Waals surface area contributed by atoms with E-state index in [-0.39, 0.29) is 5.91 Å². The van der Waals surface area contributed by atoms with Crippen molar-refractivity contribution in [1.29, 1.82) is 0 Å². The van der Waals surface area contributed by atoms with Gasteiger partial charge in [-0.25, -0.2) is 9.37 Å². The fraction of sp³-hybridized carbons (Fsp3) is 0.538. The number of hydrogen-bond acceptors (Lipinski definition) is 4. The van der Waals surface area contributed by atoms with Crippen molar-refractivity contribution in [3.05, 3.63) is 23.6 Å². The van der Waals surface area contributed by atoms with E-state index in [1.54, 1.807) is 4.90 Å². The zero-order valence-corrected chi connectivity index (χ0v) is 11.3. The molecule has 6 heteroatoms. The van der Waals surface area contributed by atoms with Gasteiger partial charge in [0, 0.05) is 32.7 Å². The second-order valence-corrected chi connectivity index (χ2v) is 4.68. The van der Waals surface area contributed by atoms with Crippen molar-refractivity contribution in [2.45, 2.75) is 6.92 Å². The number of hydrogen-bond donors (Lipinski definition) is 1. The van der Waals surface area contributed by atoms with Gasteiger partial charge in [0.05, 0.1) is 11.8 Å². The lowest BCUT2D eigenvalue weighted by atomic mass is 10.2. The molecule has 0 aliphatic carbocycles. The van der Waals surface area contributed by atoms with E-state index in [1.807, 2.05) is 14.0 Å². The third kappa shape index (κ3) is 3.20. The lowest BCUT2D eigenvalue weighted by Gasteiger charge is -2.32. The van der Waals surface area contributed by atoms with Gasteiger partial charge in [0.2, 0.25) is 0 Å². The topological polar surface area (TPSA) is 48.5 Å². The number of pyridine rings is 1. The van der Waals surface area contributed by atoms with Crippen molar-refractivity contribution in [2.75, 3.05) is 45.1 Å². The standard InChI is InChI=1S/C13H19FN4O/c1-3-15-12-11(8-10(14)9-16-12)13(19)18-6-4-17(2)5-7-18/h8-9H,3-7H2,1-2H3,(H,15,16). The predicted molar refractivity (Wildman–Crippen MR) is 71.8 cm³/mol. The summed E-state index contributed by atoms with van der Waals surface area (Å²) in [4.78, 5) is 20.3. The van der Waals surface area contributed by atoms with Gasteiger partial charge in [-0.15, -0.1) is 0 Å². The van der Waals surface area contributed by atoms with Gasteiger partial charge in [0.15, 0.2) is 0 Å². The van der Waals surface area contributed by atoms with E-state index in [0.717, 1.165) is 19.3 Å². The highest BCUT2D eigenvalue weighted by Gasteiger charge is 2.23. The molecule has 0 saturated carbocycles. The molecule has 0 spiro atoms. The fourth-order valence-corrected chi connectivity index (χ4v) is 2.09. The summed E-state index contributed by atoms with van der Waals surface area (Å²) in [6.07, 6.45) is 1.12. The Morgan fingerprint density at radius 1 is 1.42 bits per heavy atom. The van der Waals surface area contributed by atoms with E-state index in [1.165, 1.54) is 6.07 Å². The van der Waals surface area contributed by atoms with Crippen molar-refractivity contribution in [3.8, 4) is 0 Å². The van der Waals surface area contributed by atoms with Crippen molar-refractivity contribution in [2.24, 2.45) is 0 Å². The second kappa shape index (κ2) is 5.97. The Morgan fingerprint density at radius 3 is 2.74 bits per heavy atom. The van der Waals surface area contributed by atoms with Gasteiger partial charge >= 0.3 is 0 Å². The number of carbonyl (C=O) groups is 1. The Balaban J connectivity index is 2.20. The maximum Gasteiger partial charge on any atom is 0.257 e. The molecule has 0 atom stereocenters. The number of likely N-dealkylation sites (N-methyl/N-ethyl adjacent to an activating group) is 1. The molecule has 0 aromatic carbocycles. The second-order valence-electron chi connectivity index (χ2n) is 4.68. The van der Waals surface area contributed by atoms with Gasteiger partial charge in [-0.1, -0.05) is 0 Å². The number of rotatable bonds is 3. The van der Waals surface area contributed by atoms with Crippen LogP contribution in [0.4, 0.5) is 10.2 Å². The van der Waals surface area contributed by atoms with Gasteiger partial charge in [0.1, 0.15) is 11.6 Å². The number of anilines is 1. The molecule has 1 saturated heterocycles. The molecule has 2 heterocycles. The molecule has 5 nitrogen and oxygen atoms in total. The number of carbonyl (C=O) groups excluding carboxylic acids is 1. The van der Waals surface area contributed by atoms with Crippen molar-refractivity contribution in [1.82, 2.24) is 14.8 Å². The van der Waals surface area contributed by atoms with E-state index in [0.29, 0.717) is 31.0 Å². The van der Waals surface area contributed by atoms with Crippen LogP contribution in [-0.4, -0.2) is 60.5 Å². The van der Waals surface area contributed by atoms with Crippen LogP contribution in [0.2, 0.25) is 0 Å². The van der Waals surface area contributed by atoms with E-state index < -0.39 is 5.82 Å². The molecule has 1 N–H and O–H groups in total. The Hall–Kier alpha value is -1.69. The van der Waals surface area contributed by atoms with Crippen LogP contribution in [0, 0.1) is 5.82 Å². The first kappa shape index (κ1) is 13.7. The van der Waals surface area contributed by atoms with Crippen LogP contribution in [-0.2, 0) is 0 Å². The molecule has 2 rings (SSSR count). The zero-order valence-electron chi connectivity index (χ0n) is 11.3. The largest absolute Gasteiger partial charge is 0.370 e. The van der Waals surface area contributed by atoms with Crippen LogP contribution >= 0.6 is 0 Å². The van der Waals surface area contributed by atoms with Crippen molar-refractivity contribution < 1.29 is 9.18 Å². The van der Waals surface area contributed by atoms with Crippen LogP contribution in [0.5, 0.6) is 0 Å². The number of nitrogens with zero attached hydrogens (tertiary/aromatic N) is 3. The minimum absolute atomic E-state index is 0.156. The van der Waals surface area contributed by atoms with E-state index in [2.05, 4.69) is 15.2 Å². The summed E-state index contributed by atoms with van der Waals surface area (Å²) in [5, 5.41) is 3.00. The predicted octanol–water partition coefficient (Wildman–Crippen LogP) is 1.04. The Morgan fingerprint density at radius 2 is 2.11 bits per heavy atom. The zero-order chi connectivity index (χ0) is 13.8. The fourth-order valence-electron chi connectivity index (χ4n) is 2.09. The van der Waals surface area contributed by atoms with Crippen molar-refractivity contribution >= 4 is 11.7 Å². The van der Waals surface area contributed by atoms with Gasteiger partial charge in [-0.2, -0.15) is 0 Å². The first-order valence-electron chi connectivity index (χ1n) is 6.49. The normalized spacial score (nSPS) is 16.5. The molecule has 0 bridgehead atoms. The van der Waals surface area contributed by atoms with Crippen LogP contribution < -0.4 is 5.32 Å². The van der Waals surface area contributed by atoms with Crippen LogP contribution in [0.3, 0.4) is 0 Å². The molecular formula is C13H19FN4O. The van der Waals surface area contributed by atoms with E-state index in [9.17, 15) is 9.18 Å². The van der Waals surface area contributed by atoms with Gasteiger partial charge in [-0.05, 0) is 20.0 Å². The van der Waals surface area contributed by atoms with Gasteiger partial charge in [-0.3, -0.25) is 4.79 Å². The summed E-state index contributed by atoms with van der Waals surface area (Å²) < 4.78 is 13.3. The molecule has 1 aromatic rings. The summed E-state index contributed by atoms with van der Waals surface area (Å²) in [6.45, 7) is 5.56. The summed E-state index contributed by atoms with van der Waals surface area (Å²) >= 11 is 0. The average Bonchev–Trinajstić information content (AvgIpc) is 2.41. The Labute approximate surface area is 112 Å². The number of halogens is 1. The lowest BCUT2D eigenvalue weighted by molar-refractivity contribution is 0.0664. The quantitative estimate of drug-likeness (QED) is 0.888. The molecular weight excluding hydrogens is 247 g/mol. The SMILES string of the molecule is CCNc1ncc(F)cc1C(=O)N1CCN(C)CC1. The maximum atomic E-state index is 13.3. The molecule has 104 valence electrons. The Kier molecular flexibility index (Phi) is 4.31. The highest BCUT2D eigenvalue weighted by Crippen LogP contribution is 2.17. The molecule has 1 amide bonds. The van der Waals surface area contributed by atoms with Crippen LogP contribution in [0.15, 0.2) is 12.3 Å². The molecule has 0 radical (unpaired) electrons. The Bertz CT molecular complexity index is 458. The number of aromatic nitrogens is 1. The first-order chi connectivity index (χ1) is 9.11. The third-order valence-corrected chi connectivity index (χ3v) is 3.22. The van der Waals surface area contributed by atoms with E-state index >= 15 is 0 Å². The minimum Gasteiger partial charge on any atom is -0.370 e. The number of nitrogens with one attached hydrogen (secondary N) is 1. The summed E-state index contributed by atoms with van der Waals surface area (Å²) in [6, 6.07) is 1.26. The molecule has 1 fully saturated rings. The lowest BCUT2D eigenvalue weighted by Crippen LogP contribution is -2.47. The highest BCUT2D eigenvalue weighted by molar-refractivity contribution is 5.98. The van der Waals surface area contributed by atoms with Gasteiger partial charge in [0.25, 0.3) is 5.91 Å². The monoisotopic (exact) mass is 266 g/mol.